The van der Waals surface area contributed by atoms with E-state index >= 15 is 0 Å². The van der Waals surface area contributed by atoms with Crippen LogP contribution in [0, 0.1) is 6.92 Å². The van der Waals surface area contributed by atoms with Crippen LogP contribution in [-0.2, 0) is 7.05 Å². The molecule has 6 heteroatoms. The van der Waals surface area contributed by atoms with Crippen LogP contribution < -0.4 is 5.73 Å². The van der Waals surface area contributed by atoms with Gasteiger partial charge in [0.1, 0.15) is 5.82 Å². The third-order valence-electron chi connectivity index (χ3n) is 2.23. The number of nitrogens with two attached hydrogens (primary N) is 1. The minimum absolute atomic E-state index is 0.736. The van der Waals surface area contributed by atoms with Gasteiger partial charge in [0.25, 0.3) is 0 Å². The molecule has 0 aliphatic rings. The molecule has 1 aromatic carbocycles. The lowest BCUT2D eigenvalue weighted by molar-refractivity contribution is 0.766. The van der Waals surface area contributed by atoms with Crippen molar-refractivity contribution in [3.8, 4) is 0 Å². The quantitative estimate of drug-likeness (QED) is 0.866. The first-order chi connectivity index (χ1) is 7.58. The number of halogens is 1. The monoisotopic (exact) mass is 298 g/mol. The predicted molar refractivity (Wildman–Crippen MR) is 68.4 cm³/mol. The Morgan fingerprint density at radius 2 is 2.12 bits per heavy atom. The van der Waals surface area contributed by atoms with E-state index in [9.17, 15) is 0 Å². The van der Waals surface area contributed by atoms with E-state index in [0.717, 1.165) is 26.0 Å². The number of rotatable bonds is 2. The maximum atomic E-state index is 5.92. The van der Waals surface area contributed by atoms with Crippen molar-refractivity contribution in [3.63, 3.8) is 0 Å². The summed E-state index contributed by atoms with van der Waals surface area (Å²) in [4.78, 5) is 0.985. The van der Waals surface area contributed by atoms with Crippen molar-refractivity contribution in [1.82, 2.24) is 14.8 Å². The highest BCUT2D eigenvalue weighted by Gasteiger charge is 2.09. The molecule has 0 atom stereocenters. The van der Waals surface area contributed by atoms with E-state index in [2.05, 4.69) is 26.1 Å². The number of aryl methyl sites for hydroxylation is 1. The molecular formula is C10H11BrN4S. The average Bonchev–Trinajstić information content (AvgIpc) is 2.54. The van der Waals surface area contributed by atoms with E-state index in [1.54, 1.807) is 0 Å². The zero-order valence-corrected chi connectivity index (χ0v) is 11.3. The highest BCUT2D eigenvalue weighted by molar-refractivity contribution is 9.10. The summed E-state index contributed by atoms with van der Waals surface area (Å²) in [6.45, 7) is 1.92. The van der Waals surface area contributed by atoms with Crippen molar-refractivity contribution < 1.29 is 0 Å². The van der Waals surface area contributed by atoms with Crippen molar-refractivity contribution in [1.29, 1.82) is 0 Å². The average molecular weight is 299 g/mol. The van der Waals surface area contributed by atoms with Gasteiger partial charge in [0.2, 0.25) is 0 Å². The molecule has 0 unspecified atom stereocenters. The molecule has 0 bridgehead atoms. The first-order valence-corrected chi connectivity index (χ1v) is 6.28. The van der Waals surface area contributed by atoms with Crippen molar-refractivity contribution in [2.24, 2.45) is 7.05 Å². The molecule has 2 aromatic rings. The maximum absolute atomic E-state index is 5.92. The van der Waals surface area contributed by atoms with Crippen LogP contribution in [0.25, 0.3) is 0 Å². The fraction of sp³-hybridized carbons (Fsp3) is 0.200. The van der Waals surface area contributed by atoms with Gasteiger partial charge < -0.3 is 10.3 Å². The molecule has 0 radical (unpaired) electrons. The second-order valence-electron chi connectivity index (χ2n) is 3.37. The Bertz CT molecular complexity index is 524. The summed E-state index contributed by atoms with van der Waals surface area (Å²) in [5.41, 5.74) is 6.65. The second kappa shape index (κ2) is 4.47. The van der Waals surface area contributed by atoms with Crippen LogP contribution in [0.4, 0.5) is 5.69 Å². The summed E-state index contributed by atoms with van der Waals surface area (Å²) in [6.07, 6.45) is 0. The summed E-state index contributed by atoms with van der Waals surface area (Å²) >= 11 is 4.89. The Kier molecular flexibility index (Phi) is 3.20. The minimum atomic E-state index is 0.736. The second-order valence-corrected chi connectivity index (χ2v) is 5.30. The van der Waals surface area contributed by atoms with E-state index in [-0.39, 0.29) is 0 Å². The number of hydrogen-bond acceptors (Lipinski definition) is 4. The molecule has 1 heterocycles. The number of anilines is 1. The standard InChI is InChI=1S/C10H11BrN4S/c1-6-13-14-10(15(6)2)16-9-4-3-7(11)5-8(9)12/h3-5H,12H2,1-2H3. The highest BCUT2D eigenvalue weighted by atomic mass is 79.9. The van der Waals surface area contributed by atoms with Gasteiger partial charge >= 0.3 is 0 Å². The number of aromatic nitrogens is 3. The van der Waals surface area contributed by atoms with E-state index < -0.39 is 0 Å². The molecule has 16 heavy (non-hydrogen) atoms. The van der Waals surface area contributed by atoms with Crippen molar-refractivity contribution in [3.05, 3.63) is 28.5 Å². The van der Waals surface area contributed by atoms with Crippen LogP contribution in [0.5, 0.6) is 0 Å². The zero-order valence-electron chi connectivity index (χ0n) is 8.94. The van der Waals surface area contributed by atoms with Crippen LogP contribution in [0.2, 0.25) is 0 Å². The molecule has 0 amide bonds. The molecule has 84 valence electrons. The normalized spacial score (nSPS) is 10.7. The maximum Gasteiger partial charge on any atom is 0.195 e. The summed E-state index contributed by atoms with van der Waals surface area (Å²) in [6, 6.07) is 5.81. The van der Waals surface area contributed by atoms with E-state index in [1.165, 1.54) is 11.8 Å². The number of nitrogens with zero attached hydrogens (tertiary/aromatic N) is 3. The van der Waals surface area contributed by atoms with Crippen LogP contribution in [0.3, 0.4) is 0 Å². The molecule has 1 aromatic heterocycles. The lowest BCUT2D eigenvalue weighted by atomic mass is 10.3. The van der Waals surface area contributed by atoms with Crippen molar-refractivity contribution >= 4 is 33.4 Å². The van der Waals surface area contributed by atoms with Gasteiger partial charge in [0.05, 0.1) is 0 Å². The molecule has 2 N–H and O–H groups in total. The summed E-state index contributed by atoms with van der Waals surface area (Å²) in [7, 11) is 1.94. The highest BCUT2D eigenvalue weighted by Crippen LogP contribution is 2.32. The van der Waals surface area contributed by atoms with E-state index in [4.69, 9.17) is 5.73 Å². The fourth-order valence-corrected chi connectivity index (χ4v) is 2.43. The molecule has 0 saturated carbocycles. The van der Waals surface area contributed by atoms with Gasteiger partial charge in [0.15, 0.2) is 5.16 Å². The summed E-state index contributed by atoms with van der Waals surface area (Å²) in [5, 5.41) is 8.92. The molecule has 0 spiro atoms. The van der Waals surface area contributed by atoms with Gasteiger partial charge in [-0.25, -0.2) is 0 Å². The Hall–Kier alpha value is -1.01. The lowest BCUT2D eigenvalue weighted by Gasteiger charge is -2.05. The van der Waals surface area contributed by atoms with Gasteiger partial charge in [-0.15, -0.1) is 10.2 Å². The van der Waals surface area contributed by atoms with Crippen LogP contribution in [0.15, 0.2) is 32.7 Å². The Balaban J connectivity index is 2.30. The SMILES string of the molecule is Cc1nnc(Sc2ccc(Br)cc2N)n1C. The third-order valence-corrected chi connectivity index (χ3v) is 3.85. The molecule has 0 fully saturated rings. The molecule has 0 aliphatic carbocycles. The van der Waals surface area contributed by atoms with Crippen LogP contribution in [0.1, 0.15) is 5.82 Å². The number of hydrogen-bond donors (Lipinski definition) is 1. The number of benzene rings is 1. The van der Waals surface area contributed by atoms with Crippen molar-refractivity contribution in [2.45, 2.75) is 17.0 Å². The smallest absolute Gasteiger partial charge is 0.195 e. The van der Waals surface area contributed by atoms with Gasteiger partial charge in [-0.2, -0.15) is 0 Å². The summed E-state index contributed by atoms with van der Waals surface area (Å²) < 4.78 is 2.91. The Morgan fingerprint density at radius 3 is 2.69 bits per heavy atom. The van der Waals surface area contributed by atoms with Gasteiger partial charge in [0, 0.05) is 22.1 Å². The Morgan fingerprint density at radius 1 is 1.38 bits per heavy atom. The van der Waals surface area contributed by atoms with Gasteiger partial charge in [-0.1, -0.05) is 15.9 Å². The number of nitrogen functional groups attached to an aromatic ring is 1. The molecule has 4 nitrogen and oxygen atoms in total. The van der Waals surface area contributed by atoms with Gasteiger partial charge in [-0.05, 0) is 36.9 Å². The molecule has 2 rings (SSSR count). The third kappa shape index (κ3) is 2.22. The minimum Gasteiger partial charge on any atom is -0.398 e. The largest absolute Gasteiger partial charge is 0.398 e. The topological polar surface area (TPSA) is 56.7 Å². The Labute approximate surface area is 106 Å². The van der Waals surface area contributed by atoms with Gasteiger partial charge in [-0.3, -0.25) is 0 Å². The molecule has 0 saturated heterocycles. The first-order valence-electron chi connectivity index (χ1n) is 4.67. The predicted octanol–water partition coefficient (Wildman–Crippen LogP) is 2.62. The molecular weight excluding hydrogens is 288 g/mol. The lowest BCUT2D eigenvalue weighted by Crippen LogP contribution is -1.94. The molecule has 0 aliphatic heterocycles. The van der Waals surface area contributed by atoms with Crippen LogP contribution >= 0.6 is 27.7 Å². The van der Waals surface area contributed by atoms with E-state index in [0.29, 0.717) is 0 Å². The van der Waals surface area contributed by atoms with E-state index in [1.807, 2.05) is 36.7 Å². The van der Waals surface area contributed by atoms with Crippen LogP contribution in [-0.4, -0.2) is 14.8 Å². The first kappa shape index (κ1) is 11.5. The zero-order chi connectivity index (χ0) is 11.7. The summed E-state index contributed by atoms with van der Waals surface area (Å²) in [5.74, 6) is 0.887. The van der Waals surface area contributed by atoms with Crippen molar-refractivity contribution in [2.75, 3.05) is 5.73 Å². The fourth-order valence-electron chi connectivity index (χ4n) is 1.19.